The van der Waals surface area contributed by atoms with Gasteiger partial charge < -0.3 is 14.9 Å². The van der Waals surface area contributed by atoms with Gasteiger partial charge in [-0.1, -0.05) is 19.1 Å². The van der Waals surface area contributed by atoms with E-state index in [1.807, 2.05) is 6.92 Å². The lowest BCUT2D eigenvalue weighted by Crippen LogP contribution is -2.47. The number of hydrogen-bond acceptors (Lipinski definition) is 4. The van der Waals surface area contributed by atoms with Gasteiger partial charge in [-0.15, -0.1) is 0 Å². The number of carbonyl (C=O) groups excluding carboxylic acids is 1. The molecule has 1 saturated heterocycles. The van der Waals surface area contributed by atoms with Crippen LogP contribution < -0.4 is 0 Å². The van der Waals surface area contributed by atoms with Gasteiger partial charge in [-0.25, -0.2) is 4.79 Å². The zero-order chi connectivity index (χ0) is 18.4. The summed E-state index contributed by atoms with van der Waals surface area (Å²) in [5.74, 6) is -1.18. The van der Waals surface area contributed by atoms with Crippen molar-refractivity contribution in [3.63, 3.8) is 0 Å². The summed E-state index contributed by atoms with van der Waals surface area (Å²) in [6.07, 6.45) is 1.74. The summed E-state index contributed by atoms with van der Waals surface area (Å²) in [5.41, 5.74) is 0.848. The zero-order valence-electron chi connectivity index (χ0n) is 14.3. The average molecular weight is 349 g/mol. The first-order chi connectivity index (χ1) is 11.9. The number of likely N-dealkylation sites (tertiary alicyclic amines) is 1. The van der Waals surface area contributed by atoms with Crippen molar-refractivity contribution < 1.29 is 19.6 Å². The predicted octanol–water partition coefficient (Wildman–Crippen LogP) is 2.72. The highest BCUT2D eigenvalue weighted by Crippen LogP contribution is 2.20. The number of nitrogens with zero attached hydrogens (tertiary/aromatic N) is 3. The van der Waals surface area contributed by atoms with Crippen molar-refractivity contribution in [3.05, 3.63) is 39.9 Å². The number of amides is 2. The molecule has 1 heterocycles. The van der Waals surface area contributed by atoms with Crippen LogP contribution in [0.15, 0.2) is 24.3 Å². The number of non-ortho nitro benzene ring substituents is 1. The Kier molecular flexibility index (Phi) is 6.32. The van der Waals surface area contributed by atoms with Crippen molar-refractivity contribution in [2.75, 3.05) is 19.6 Å². The Morgan fingerprint density at radius 3 is 2.36 bits per heavy atom. The molecule has 25 heavy (non-hydrogen) atoms. The van der Waals surface area contributed by atoms with Crippen molar-refractivity contribution in [1.82, 2.24) is 9.80 Å². The molecule has 2 rings (SSSR count). The van der Waals surface area contributed by atoms with Gasteiger partial charge in [0.15, 0.2) is 0 Å². The Hall–Kier alpha value is -2.64. The number of nitro groups is 1. The van der Waals surface area contributed by atoms with Gasteiger partial charge in [0.1, 0.15) is 0 Å². The number of hydrogen-bond donors (Lipinski definition) is 1. The van der Waals surface area contributed by atoms with Gasteiger partial charge in [0.25, 0.3) is 5.69 Å². The largest absolute Gasteiger partial charge is 0.481 e. The maximum atomic E-state index is 12.7. The number of nitro benzene ring substituents is 1. The second-order valence-corrected chi connectivity index (χ2v) is 6.23. The number of piperidine rings is 1. The van der Waals surface area contributed by atoms with Gasteiger partial charge >= 0.3 is 12.0 Å². The molecule has 1 N–H and O–H groups in total. The van der Waals surface area contributed by atoms with Gasteiger partial charge in [-0.05, 0) is 24.8 Å². The van der Waals surface area contributed by atoms with Gasteiger partial charge in [0.05, 0.1) is 10.8 Å². The number of carboxylic acids is 1. The van der Waals surface area contributed by atoms with Crippen LogP contribution in [0.25, 0.3) is 0 Å². The van der Waals surface area contributed by atoms with Crippen molar-refractivity contribution in [2.24, 2.45) is 5.92 Å². The third-order valence-corrected chi connectivity index (χ3v) is 4.40. The first-order valence-corrected chi connectivity index (χ1v) is 8.42. The van der Waals surface area contributed by atoms with Crippen LogP contribution in [0, 0.1) is 16.0 Å². The lowest BCUT2D eigenvalue weighted by Gasteiger charge is -2.34. The van der Waals surface area contributed by atoms with Crippen LogP contribution in [-0.2, 0) is 11.3 Å². The van der Waals surface area contributed by atoms with E-state index in [9.17, 15) is 19.7 Å². The van der Waals surface area contributed by atoms with Gasteiger partial charge in [-0.2, -0.15) is 0 Å². The molecule has 0 spiro atoms. The summed E-state index contributed by atoms with van der Waals surface area (Å²) in [6, 6.07) is 6.07. The molecule has 1 aromatic rings. The fourth-order valence-corrected chi connectivity index (χ4v) is 2.97. The Balaban J connectivity index is 2.00. The van der Waals surface area contributed by atoms with E-state index in [0.29, 0.717) is 39.0 Å². The first-order valence-electron chi connectivity index (χ1n) is 8.42. The van der Waals surface area contributed by atoms with Crippen molar-refractivity contribution >= 4 is 17.7 Å². The quantitative estimate of drug-likeness (QED) is 0.628. The van der Waals surface area contributed by atoms with E-state index >= 15 is 0 Å². The number of carboxylic acid groups (broad SMARTS) is 1. The smallest absolute Gasteiger partial charge is 0.320 e. The van der Waals surface area contributed by atoms with E-state index < -0.39 is 10.9 Å². The number of benzene rings is 1. The normalized spacial score (nSPS) is 15.0. The highest BCUT2D eigenvalue weighted by molar-refractivity contribution is 5.75. The van der Waals surface area contributed by atoms with Crippen molar-refractivity contribution in [3.8, 4) is 0 Å². The van der Waals surface area contributed by atoms with Gasteiger partial charge in [0, 0.05) is 38.3 Å². The van der Waals surface area contributed by atoms with Crippen LogP contribution in [0.1, 0.15) is 31.7 Å². The van der Waals surface area contributed by atoms with E-state index in [1.165, 1.54) is 12.1 Å². The van der Waals surface area contributed by atoms with Crippen molar-refractivity contribution in [1.29, 1.82) is 0 Å². The summed E-state index contributed by atoms with van der Waals surface area (Å²) in [7, 11) is 0. The molecule has 0 aliphatic carbocycles. The highest BCUT2D eigenvalue weighted by atomic mass is 16.6. The molecule has 1 aliphatic rings. The fourth-order valence-electron chi connectivity index (χ4n) is 2.97. The summed E-state index contributed by atoms with van der Waals surface area (Å²) in [4.78, 5) is 37.4. The molecule has 2 amide bonds. The molecular weight excluding hydrogens is 326 g/mol. The SMILES string of the molecule is CCCN(Cc1ccc([N+](=O)[O-])cc1)C(=O)N1CCC(C(=O)O)CC1. The standard InChI is InChI=1S/C17H23N3O5/c1-2-9-19(12-13-3-5-15(6-4-13)20(24)25)17(23)18-10-7-14(8-11-18)16(21)22/h3-6,14H,2,7-12H2,1H3,(H,21,22). The van der Waals surface area contributed by atoms with Crippen LogP contribution in [0.3, 0.4) is 0 Å². The minimum Gasteiger partial charge on any atom is -0.481 e. The summed E-state index contributed by atoms with van der Waals surface area (Å²) in [6.45, 7) is 3.82. The number of carbonyl (C=O) groups is 2. The van der Waals surface area contributed by atoms with E-state index in [-0.39, 0.29) is 17.6 Å². The summed E-state index contributed by atoms with van der Waals surface area (Å²) >= 11 is 0. The molecule has 1 aromatic carbocycles. The fraction of sp³-hybridized carbons (Fsp3) is 0.529. The Morgan fingerprint density at radius 1 is 1.28 bits per heavy atom. The van der Waals surface area contributed by atoms with Crippen LogP contribution in [-0.4, -0.2) is 51.5 Å². The molecule has 1 fully saturated rings. The Bertz CT molecular complexity index is 624. The molecule has 0 saturated carbocycles. The van der Waals surface area contributed by atoms with Crippen molar-refractivity contribution in [2.45, 2.75) is 32.7 Å². The maximum Gasteiger partial charge on any atom is 0.320 e. The lowest BCUT2D eigenvalue weighted by molar-refractivity contribution is -0.384. The number of aliphatic carboxylic acids is 1. The topological polar surface area (TPSA) is 104 Å². The average Bonchev–Trinajstić information content (AvgIpc) is 2.61. The summed E-state index contributed by atoms with van der Waals surface area (Å²) < 4.78 is 0. The number of rotatable bonds is 6. The van der Waals surface area contributed by atoms with E-state index in [4.69, 9.17) is 5.11 Å². The van der Waals surface area contributed by atoms with E-state index in [1.54, 1.807) is 21.9 Å². The molecule has 0 atom stereocenters. The maximum absolute atomic E-state index is 12.7. The predicted molar refractivity (Wildman–Crippen MR) is 91.1 cm³/mol. The zero-order valence-corrected chi connectivity index (χ0v) is 14.3. The van der Waals surface area contributed by atoms with Crippen LogP contribution >= 0.6 is 0 Å². The second kappa shape index (κ2) is 8.46. The highest BCUT2D eigenvalue weighted by Gasteiger charge is 2.29. The first kappa shape index (κ1) is 18.7. The van der Waals surface area contributed by atoms with Crippen LogP contribution in [0.2, 0.25) is 0 Å². The minimum atomic E-state index is -0.802. The minimum absolute atomic E-state index is 0.0212. The van der Waals surface area contributed by atoms with Gasteiger partial charge in [0.2, 0.25) is 0 Å². The van der Waals surface area contributed by atoms with Crippen LogP contribution in [0.5, 0.6) is 0 Å². The molecule has 136 valence electrons. The van der Waals surface area contributed by atoms with Gasteiger partial charge in [-0.3, -0.25) is 14.9 Å². The molecule has 8 heteroatoms. The molecule has 0 unspecified atom stereocenters. The molecule has 0 bridgehead atoms. The lowest BCUT2D eigenvalue weighted by atomic mass is 9.97. The van der Waals surface area contributed by atoms with Crippen LogP contribution in [0.4, 0.5) is 10.5 Å². The molecule has 0 radical (unpaired) electrons. The second-order valence-electron chi connectivity index (χ2n) is 6.23. The third-order valence-electron chi connectivity index (χ3n) is 4.40. The molecular formula is C17H23N3O5. The molecule has 8 nitrogen and oxygen atoms in total. The Labute approximate surface area is 146 Å². The van der Waals surface area contributed by atoms with E-state index in [2.05, 4.69) is 0 Å². The number of urea groups is 1. The molecule has 1 aliphatic heterocycles. The molecule has 0 aromatic heterocycles. The van der Waals surface area contributed by atoms with E-state index in [0.717, 1.165) is 12.0 Å². The Morgan fingerprint density at radius 2 is 1.88 bits per heavy atom. The summed E-state index contributed by atoms with van der Waals surface area (Å²) in [5, 5.41) is 19.8. The monoisotopic (exact) mass is 349 g/mol. The third kappa shape index (κ3) is 4.91.